The molecule has 0 aliphatic carbocycles. The van der Waals surface area contributed by atoms with Gasteiger partial charge in [-0.25, -0.2) is 0 Å². The third kappa shape index (κ3) is 1.37. The van der Waals surface area contributed by atoms with Gasteiger partial charge in [-0.15, -0.1) is 0 Å². The molecule has 0 amide bonds. The van der Waals surface area contributed by atoms with Crippen LogP contribution >= 0.6 is 11.6 Å². The summed E-state index contributed by atoms with van der Waals surface area (Å²) < 4.78 is 5.94. The zero-order valence-corrected chi connectivity index (χ0v) is 10.0. The number of hydrogen-bond donors (Lipinski definition) is 0. The van der Waals surface area contributed by atoms with E-state index in [1.165, 1.54) is 5.56 Å². The number of ether oxygens (including phenoxy) is 1. The number of benzene rings is 1. The van der Waals surface area contributed by atoms with Gasteiger partial charge in [-0.1, -0.05) is 23.7 Å². The maximum absolute atomic E-state index is 6.13. The molecule has 0 fully saturated rings. The smallest absolute Gasteiger partial charge is 0.149 e. The normalized spacial score (nSPS) is 17.2. The predicted molar refractivity (Wildman–Crippen MR) is 65.2 cm³/mol. The van der Waals surface area contributed by atoms with Crippen molar-refractivity contribution in [3.8, 4) is 5.75 Å². The topological polar surface area (TPSA) is 22.1 Å². The summed E-state index contributed by atoms with van der Waals surface area (Å²) in [5, 5.41) is 1.68. The van der Waals surface area contributed by atoms with E-state index < -0.39 is 0 Å². The summed E-state index contributed by atoms with van der Waals surface area (Å²) in [6.07, 6.45) is 2.64. The second kappa shape index (κ2) is 3.11. The van der Waals surface area contributed by atoms with Crippen LogP contribution in [0.4, 0.5) is 0 Å². The standard InChI is InChI=1S/C13H12ClNO/c1-13(2)7-8-3-4-9-10(14)5-6-15-11(9)12(8)16-13/h3-6H,7H2,1-2H3. The maximum Gasteiger partial charge on any atom is 0.149 e. The Bertz CT molecular complexity index is 577. The van der Waals surface area contributed by atoms with Crippen molar-refractivity contribution < 1.29 is 4.74 Å². The first-order valence-electron chi connectivity index (χ1n) is 5.32. The van der Waals surface area contributed by atoms with Crippen LogP contribution in [0.1, 0.15) is 19.4 Å². The number of hydrogen-bond acceptors (Lipinski definition) is 2. The first-order valence-corrected chi connectivity index (χ1v) is 5.70. The molecule has 1 aromatic heterocycles. The summed E-state index contributed by atoms with van der Waals surface area (Å²) in [5.74, 6) is 0.894. The number of rotatable bonds is 0. The van der Waals surface area contributed by atoms with E-state index in [0.29, 0.717) is 0 Å². The van der Waals surface area contributed by atoms with Crippen molar-refractivity contribution in [1.29, 1.82) is 0 Å². The van der Waals surface area contributed by atoms with Crippen LogP contribution in [0.3, 0.4) is 0 Å². The zero-order valence-electron chi connectivity index (χ0n) is 9.25. The van der Waals surface area contributed by atoms with Crippen molar-refractivity contribution in [3.05, 3.63) is 35.0 Å². The molecule has 16 heavy (non-hydrogen) atoms. The summed E-state index contributed by atoms with van der Waals surface area (Å²) in [6.45, 7) is 4.17. The molecule has 1 aliphatic heterocycles. The number of halogens is 1. The zero-order chi connectivity index (χ0) is 11.3. The van der Waals surface area contributed by atoms with E-state index in [9.17, 15) is 0 Å². The number of nitrogens with zero attached hydrogens (tertiary/aromatic N) is 1. The molecule has 0 saturated heterocycles. The summed E-state index contributed by atoms with van der Waals surface area (Å²) in [7, 11) is 0. The van der Waals surface area contributed by atoms with Gasteiger partial charge < -0.3 is 4.74 Å². The Labute approximate surface area is 99.2 Å². The van der Waals surface area contributed by atoms with Crippen molar-refractivity contribution in [3.63, 3.8) is 0 Å². The monoisotopic (exact) mass is 233 g/mol. The lowest BCUT2D eigenvalue weighted by molar-refractivity contribution is 0.140. The van der Waals surface area contributed by atoms with E-state index in [4.69, 9.17) is 16.3 Å². The fourth-order valence-corrected chi connectivity index (χ4v) is 2.43. The van der Waals surface area contributed by atoms with Crippen molar-refractivity contribution in [1.82, 2.24) is 4.98 Å². The lowest BCUT2D eigenvalue weighted by Crippen LogP contribution is -2.24. The Hall–Kier alpha value is -1.28. The van der Waals surface area contributed by atoms with Crippen LogP contribution in [-0.2, 0) is 6.42 Å². The largest absolute Gasteiger partial charge is 0.485 e. The van der Waals surface area contributed by atoms with Crippen molar-refractivity contribution in [2.75, 3.05) is 0 Å². The van der Waals surface area contributed by atoms with E-state index in [2.05, 4.69) is 24.9 Å². The van der Waals surface area contributed by atoms with Gasteiger partial charge in [0.05, 0.1) is 5.02 Å². The Balaban J connectivity index is 2.32. The molecular formula is C13H12ClNO. The molecule has 1 aromatic carbocycles. The quantitative estimate of drug-likeness (QED) is 0.694. The second-order valence-corrected chi connectivity index (χ2v) is 5.19. The predicted octanol–water partition coefficient (Wildman–Crippen LogP) is 3.60. The van der Waals surface area contributed by atoms with E-state index in [1.807, 2.05) is 6.07 Å². The summed E-state index contributed by atoms with van der Waals surface area (Å²) in [4.78, 5) is 4.37. The van der Waals surface area contributed by atoms with E-state index in [0.717, 1.165) is 28.1 Å². The first kappa shape index (κ1) is 9.91. The van der Waals surface area contributed by atoms with Gasteiger partial charge in [0.25, 0.3) is 0 Å². The summed E-state index contributed by atoms with van der Waals surface area (Å²) >= 11 is 6.13. The van der Waals surface area contributed by atoms with Crippen LogP contribution in [0.25, 0.3) is 10.9 Å². The third-order valence-corrected chi connectivity index (χ3v) is 3.22. The number of aromatic nitrogens is 1. The fourth-order valence-electron chi connectivity index (χ4n) is 2.22. The van der Waals surface area contributed by atoms with Gasteiger partial charge in [0.15, 0.2) is 0 Å². The lowest BCUT2D eigenvalue weighted by Gasteiger charge is -2.17. The molecule has 0 N–H and O–H groups in total. The average Bonchev–Trinajstić information content (AvgIpc) is 2.53. The van der Waals surface area contributed by atoms with E-state index >= 15 is 0 Å². The van der Waals surface area contributed by atoms with Gasteiger partial charge >= 0.3 is 0 Å². The molecule has 82 valence electrons. The summed E-state index contributed by atoms with van der Waals surface area (Å²) in [5.41, 5.74) is 1.95. The van der Waals surface area contributed by atoms with Crippen LogP contribution in [0, 0.1) is 0 Å². The highest BCUT2D eigenvalue weighted by atomic mass is 35.5. The third-order valence-electron chi connectivity index (χ3n) is 2.89. The maximum atomic E-state index is 6.13. The molecule has 1 aliphatic rings. The second-order valence-electron chi connectivity index (χ2n) is 4.78. The highest BCUT2D eigenvalue weighted by Crippen LogP contribution is 2.40. The molecule has 3 rings (SSSR count). The minimum absolute atomic E-state index is 0.138. The van der Waals surface area contributed by atoms with Crippen LogP contribution in [0.2, 0.25) is 5.02 Å². The van der Waals surface area contributed by atoms with Crippen LogP contribution in [-0.4, -0.2) is 10.6 Å². The number of pyridine rings is 1. The Morgan fingerprint density at radius 2 is 2.12 bits per heavy atom. The molecule has 2 nitrogen and oxygen atoms in total. The average molecular weight is 234 g/mol. The first-order chi connectivity index (χ1) is 7.57. The minimum Gasteiger partial charge on any atom is -0.485 e. The molecule has 2 aromatic rings. The Morgan fingerprint density at radius 1 is 1.31 bits per heavy atom. The minimum atomic E-state index is -0.138. The van der Waals surface area contributed by atoms with Crippen LogP contribution < -0.4 is 4.74 Å². The molecule has 0 spiro atoms. The van der Waals surface area contributed by atoms with E-state index in [1.54, 1.807) is 12.3 Å². The fraction of sp³-hybridized carbons (Fsp3) is 0.308. The van der Waals surface area contributed by atoms with E-state index in [-0.39, 0.29) is 5.60 Å². The Morgan fingerprint density at radius 3 is 2.94 bits per heavy atom. The number of fused-ring (bicyclic) bond motifs is 3. The highest BCUT2D eigenvalue weighted by molar-refractivity contribution is 6.35. The molecule has 0 bridgehead atoms. The van der Waals surface area contributed by atoms with Crippen LogP contribution in [0.5, 0.6) is 5.75 Å². The molecule has 3 heteroatoms. The van der Waals surface area contributed by atoms with Crippen molar-refractivity contribution in [2.24, 2.45) is 0 Å². The van der Waals surface area contributed by atoms with Gasteiger partial charge in [0.2, 0.25) is 0 Å². The van der Waals surface area contributed by atoms with Gasteiger partial charge in [0, 0.05) is 23.6 Å². The van der Waals surface area contributed by atoms with Crippen molar-refractivity contribution >= 4 is 22.5 Å². The molecular weight excluding hydrogens is 222 g/mol. The lowest BCUT2D eigenvalue weighted by atomic mass is 10.0. The highest BCUT2D eigenvalue weighted by Gasteiger charge is 2.31. The SMILES string of the molecule is CC1(C)Cc2ccc3c(Cl)ccnc3c2O1. The van der Waals surface area contributed by atoms with Gasteiger partial charge in [0.1, 0.15) is 16.9 Å². The summed E-state index contributed by atoms with van der Waals surface area (Å²) in [6, 6.07) is 5.91. The molecule has 0 radical (unpaired) electrons. The van der Waals surface area contributed by atoms with Crippen molar-refractivity contribution in [2.45, 2.75) is 25.9 Å². The van der Waals surface area contributed by atoms with Gasteiger partial charge in [-0.05, 0) is 19.9 Å². The Kier molecular flexibility index (Phi) is 1.93. The molecule has 2 heterocycles. The molecule has 0 atom stereocenters. The molecule has 0 unspecified atom stereocenters. The molecule has 0 saturated carbocycles. The van der Waals surface area contributed by atoms with Gasteiger partial charge in [-0.3, -0.25) is 4.98 Å². The van der Waals surface area contributed by atoms with Crippen LogP contribution in [0.15, 0.2) is 24.4 Å². The van der Waals surface area contributed by atoms with Gasteiger partial charge in [-0.2, -0.15) is 0 Å².